The molecule has 0 radical (unpaired) electrons. The third-order valence-corrected chi connectivity index (χ3v) is 6.47. The number of ether oxygens (including phenoxy) is 1. The molecule has 0 aliphatic carbocycles. The smallest absolute Gasteiger partial charge is 0.349 e. The van der Waals surface area contributed by atoms with Crippen molar-refractivity contribution in [3.05, 3.63) is 60.2 Å². The molecular weight excluding hydrogens is 461 g/mol. The summed E-state index contributed by atoms with van der Waals surface area (Å²) in [5.74, 6) is 0.467. The maximum Gasteiger partial charge on any atom is 0.349 e. The van der Waals surface area contributed by atoms with Crippen LogP contribution in [0.2, 0.25) is 0 Å². The summed E-state index contributed by atoms with van der Waals surface area (Å²) in [7, 11) is 0. The molecule has 2 aliphatic heterocycles. The summed E-state index contributed by atoms with van der Waals surface area (Å²) in [6.45, 7) is 7.80. The summed E-state index contributed by atoms with van der Waals surface area (Å²) in [6.07, 6.45) is 2.96. The minimum absolute atomic E-state index is 0. The Morgan fingerprint density at radius 1 is 0.970 bits per heavy atom. The first-order valence-corrected chi connectivity index (χ1v) is 11.4. The molecule has 2 heterocycles. The summed E-state index contributed by atoms with van der Waals surface area (Å²) < 4.78 is 5.78. The molecule has 4 rings (SSSR count). The van der Waals surface area contributed by atoms with Crippen molar-refractivity contribution < 1.29 is 14.6 Å². The molecule has 2 saturated heterocycles. The topological polar surface area (TPSA) is 65.0 Å². The predicted octanol–water partition coefficient (Wildman–Crippen LogP) is 4.25. The monoisotopic (exact) mass is 495 g/mol. The van der Waals surface area contributed by atoms with Crippen molar-refractivity contribution in [3.63, 3.8) is 0 Å². The number of carbonyl (C=O) groups is 1. The second-order valence-corrected chi connectivity index (χ2v) is 8.55. The number of nitrogens with zero attached hydrogens (tertiary/aromatic N) is 2. The molecule has 0 spiro atoms. The lowest BCUT2D eigenvalue weighted by atomic mass is 9.94. The average Bonchev–Trinajstić information content (AvgIpc) is 2.83. The van der Waals surface area contributed by atoms with Crippen LogP contribution in [0.5, 0.6) is 5.75 Å². The molecule has 2 aromatic carbocycles. The van der Waals surface area contributed by atoms with E-state index in [1.165, 1.54) is 38.9 Å². The summed E-state index contributed by atoms with van der Waals surface area (Å²) in [5.41, 5.74) is 1.80. The number of hydrogen-bond donors (Lipinski definition) is 2. The lowest BCUT2D eigenvalue weighted by molar-refractivity contribution is -0.145. The number of carboxylic acid groups (broad SMARTS) is 1. The highest BCUT2D eigenvalue weighted by atomic mass is 35.5. The highest BCUT2D eigenvalue weighted by molar-refractivity contribution is 5.85. The Morgan fingerprint density at radius 3 is 2.21 bits per heavy atom. The summed E-state index contributed by atoms with van der Waals surface area (Å²) in [5, 5.41) is 13.0. The van der Waals surface area contributed by atoms with E-state index in [2.05, 4.69) is 15.1 Å². The fourth-order valence-corrected chi connectivity index (χ4v) is 4.53. The average molecular weight is 496 g/mol. The maximum absolute atomic E-state index is 11.7. The predicted molar refractivity (Wildman–Crippen MR) is 137 cm³/mol. The number of carboxylic acids is 1. The van der Waals surface area contributed by atoms with Gasteiger partial charge in [-0.15, -0.1) is 24.8 Å². The van der Waals surface area contributed by atoms with Crippen molar-refractivity contribution in [1.82, 2.24) is 10.2 Å². The Hall–Kier alpha value is -1.99. The number of rotatable bonds is 8. The van der Waals surface area contributed by atoms with Crippen LogP contribution in [0.15, 0.2) is 54.6 Å². The van der Waals surface area contributed by atoms with Gasteiger partial charge in [0.05, 0.1) is 0 Å². The van der Waals surface area contributed by atoms with Gasteiger partial charge >= 0.3 is 5.97 Å². The van der Waals surface area contributed by atoms with Crippen molar-refractivity contribution in [2.75, 3.05) is 50.7 Å². The first-order chi connectivity index (χ1) is 15.2. The minimum Gasteiger partial charge on any atom is -0.478 e. The van der Waals surface area contributed by atoms with Gasteiger partial charge in [0.2, 0.25) is 6.10 Å². The first kappa shape index (κ1) is 27.3. The zero-order valence-corrected chi connectivity index (χ0v) is 20.5. The molecule has 2 fully saturated rings. The summed E-state index contributed by atoms with van der Waals surface area (Å²) in [6, 6.07) is 16.9. The van der Waals surface area contributed by atoms with Crippen LogP contribution in [-0.2, 0) is 4.79 Å². The van der Waals surface area contributed by atoms with E-state index in [0.29, 0.717) is 11.3 Å². The Bertz CT molecular complexity index is 825. The van der Waals surface area contributed by atoms with E-state index in [-0.39, 0.29) is 24.8 Å². The highest BCUT2D eigenvalue weighted by Crippen LogP contribution is 2.26. The lowest BCUT2D eigenvalue weighted by Crippen LogP contribution is -2.47. The van der Waals surface area contributed by atoms with E-state index in [1.807, 2.05) is 42.5 Å². The van der Waals surface area contributed by atoms with Crippen LogP contribution in [0.1, 0.15) is 30.9 Å². The van der Waals surface area contributed by atoms with Crippen molar-refractivity contribution in [2.45, 2.75) is 25.4 Å². The molecule has 33 heavy (non-hydrogen) atoms. The fraction of sp³-hybridized carbons (Fsp3) is 0.480. The highest BCUT2D eigenvalue weighted by Gasteiger charge is 2.22. The molecule has 0 bridgehead atoms. The molecule has 2 N–H and O–H groups in total. The molecule has 2 aliphatic rings. The normalized spacial score (nSPS) is 18.0. The molecule has 2 aromatic rings. The van der Waals surface area contributed by atoms with Crippen LogP contribution < -0.4 is 15.0 Å². The van der Waals surface area contributed by atoms with Crippen molar-refractivity contribution >= 4 is 36.5 Å². The van der Waals surface area contributed by atoms with Crippen LogP contribution in [0.25, 0.3) is 0 Å². The van der Waals surface area contributed by atoms with Gasteiger partial charge in [-0.1, -0.05) is 30.3 Å². The maximum atomic E-state index is 11.7. The van der Waals surface area contributed by atoms with Crippen LogP contribution in [0.3, 0.4) is 0 Å². The molecule has 0 aromatic heterocycles. The Balaban J connectivity index is 0.00000193. The van der Waals surface area contributed by atoms with Crippen LogP contribution in [-0.4, -0.2) is 61.8 Å². The van der Waals surface area contributed by atoms with E-state index >= 15 is 0 Å². The van der Waals surface area contributed by atoms with Crippen molar-refractivity contribution in [1.29, 1.82) is 0 Å². The zero-order chi connectivity index (χ0) is 21.5. The third kappa shape index (κ3) is 7.78. The standard InChI is InChI=1S/C25H33N3O3.2ClH/c29-25(30)24(21-4-2-1-3-5-21)31-23-8-6-22(7-9-23)28-18-16-27(17-19-28)15-12-20-10-13-26-14-11-20;;/h1-9,20,24,26H,10-19H2,(H,29,30);2*1H. The molecule has 6 nitrogen and oxygen atoms in total. The molecule has 1 unspecified atom stereocenters. The van der Waals surface area contributed by atoms with Crippen LogP contribution in [0.4, 0.5) is 5.69 Å². The summed E-state index contributed by atoms with van der Waals surface area (Å²) >= 11 is 0. The van der Waals surface area contributed by atoms with E-state index in [4.69, 9.17) is 4.74 Å². The Kier molecular flexibility index (Phi) is 11.3. The third-order valence-electron chi connectivity index (χ3n) is 6.47. The largest absolute Gasteiger partial charge is 0.478 e. The van der Waals surface area contributed by atoms with Crippen LogP contribution in [0, 0.1) is 5.92 Å². The van der Waals surface area contributed by atoms with E-state index < -0.39 is 12.1 Å². The van der Waals surface area contributed by atoms with Gasteiger partial charge in [-0.2, -0.15) is 0 Å². The van der Waals surface area contributed by atoms with Gasteiger partial charge in [0.1, 0.15) is 5.75 Å². The van der Waals surface area contributed by atoms with Crippen molar-refractivity contribution in [3.8, 4) is 5.75 Å². The molecular formula is C25H35Cl2N3O3. The quantitative estimate of drug-likeness (QED) is 0.570. The Labute approximate surface area is 209 Å². The van der Waals surface area contributed by atoms with Gasteiger partial charge in [0, 0.05) is 37.4 Å². The number of hydrogen-bond acceptors (Lipinski definition) is 5. The zero-order valence-electron chi connectivity index (χ0n) is 18.9. The van der Waals surface area contributed by atoms with E-state index in [1.54, 1.807) is 12.1 Å². The molecule has 0 saturated carbocycles. The molecule has 0 amide bonds. The second-order valence-electron chi connectivity index (χ2n) is 8.55. The van der Waals surface area contributed by atoms with Gasteiger partial charge in [0.15, 0.2) is 0 Å². The molecule has 1 atom stereocenters. The lowest BCUT2D eigenvalue weighted by Gasteiger charge is -2.37. The number of nitrogens with one attached hydrogen (secondary N) is 1. The van der Waals surface area contributed by atoms with Crippen LogP contribution >= 0.6 is 24.8 Å². The number of piperidine rings is 1. The first-order valence-electron chi connectivity index (χ1n) is 11.4. The Morgan fingerprint density at radius 2 is 1.61 bits per heavy atom. The van der Waals surface area contributed by atoms with Gasteiger partial charge in [-0.3, -0.25) is 4.90 Å². The van der Waals surface area contributed by atoms with Gasteiger partial charge in [0.25, 0.3) is 0 Å². The second kappa shape index (κ2) is 13.7. The summed E-state index contributed by atoms with van der Waals surface area (Å²) in [4.78, 5) is 16.7. The number of halogens is 2. The number of benzene rings is 2. The number of piperazine rings is 1. The minimum atomic E-state index is -1.00. The van der Waals surface area contributed by atoms with E-state index in [9.17, 15) is 9.90 Å². The van der Waals surface area contributed by atoms with E-state index in [0.717, 1.165) is 37.8 Å². The van der Waals surface area contributed by atoms with Crippen molar-refractivity contribution in [2.24, 2.45) is 5.92 Å². The SMILES string of the molecule is Cl.Cl.O=C(O)C(Oc1ccc(N2CCN(CCC3CCNCC3)CC2)cc1)c1ccccc1. The van der Waals surface area contributed by atoms with Gasteiger partial charge in [-0.05, 0) is 69.1 Å². The molecule has 182 valence electrons. The molecule has 8 heteroatoms. The fourth-order valence-electron chi connectivity index (χ4n) is 4.53. The van der Waals surface area contributed by atoms with Gasteiger partial charge in [-0.25, -0.2) is 4.79 Å². The number of anilines is 1. The van der Waals surface area contributed by atoms with Gasteiger partial charge < -0.3 is 20.1 Å². The number of aliphatic carboxylic acids is 1.